The van der Waals surface area contributed by atoms with E-state index < -0.39 is 0 Å². The van der Waals surface area contributed by atoms with Crippen LogP contribution in [0.4, 0.5) is 0 Å². The lowest BCUT2D eigenvalue weighted by atomic mass is 10.0. The number of hydrogen-bond acceptors (Lipinski definition) is 2. The average molecular weight is 425 g/mol. The molecule has 0 N–H and O–H groups in total. The Morgan fingerprint density at radius 3 is 1.53 bits per heavy atom. The summed E-state index contributed by atoms with van der Waals surface area (Å²) >= 11 is 3.86. The number of rotatable bonds is 0. The second kappa shape index (κ2) is 9.16. The van der Waals surface area contributed by atoms with Crippen LogP contribution >= 0.6 is 23.5 Å². The minimum absolute atomic E-state index is 1.08. The van der Waals surface area contributed by atoms with Crippen molar-refractivity contribution in [3.05, 3.63) is 125 Å². The number of thioether (sulfide) groups is 1. The summed E-state index contributed by atoms with van der Waals surface area (Å²) in [6.07, 6.45) is 3.42. The fraction of sp³-hybridized carbons (Fsp3) is 0.143. The Morgan fingerprint density at radius 2 is 0.900 bits per heavy atom. The van der Waals surface area contributed by atoms with Gasteiger partial charge in [-0.1, -0.05) is 90.6 Å². The molecule has 6 rings (SSSR count). The summed E-state index contributed by atoms with van der Waals surface area (Å²) in [6.45, 7) is 0. The summed E-state index contributed by atoms with van der Waals surface area (Å²) in [6, 6.07) is 34.9. The molecule has 0 radical (unpaired) electrons. The first-order valence-electron chi connectivity index (χ1n) is 10.5. The molecule has 0 spiro atoms. The molecule has 0 fully saturated rings. The molecule has 0 saturated heterocycles. The maximum atomic E-state index is 2.25. The van der Waals surface area contributed by atoms with Gasteiger partial charge in [0.25, 0.3) is 0 Å². The summed E-state index contributed by atoms with van der Waals surface area (Å²) in [5.74, 6) is 1.10. The van der Waals surface area contributed by atoms with Gasteiger partial charge in [-0.3, -0.25) is 0 Å². The zero-order valence-corrected chi connectivity index (χ0v) is 18.5. The first kappa shape index (κ1) is 19.5. The highest BCUT2D eigenvalue weighted by Crippen LogP contribution is 2.36. The Labute approximate surface area is 187 Å². The van der Waals surface area contributed by atoms with E-state index in [4.69, 9.17) is 0 Å². The van der Waals surface area contributed by atoms with Gasteiger partial charge in [0, 0.05) is 20.4 Å². The molecule has 0 bridgehead atoms. The van der Waals surface area contributed by atoms with Gasteiger partial charge in [-0.25, -0.2) is 0 Å². The van der Waals surface area contributed by atoms with E-state index >= 15 is 0 Å². The first-order chi connectivity index (χ1) is 14.9. The van der Waals surface area contributed by atoms with Crippen molar-refractivity contribution < 1.29 is 0 Å². The zero-order valence-electron chi connectivity index (χ0n) is 16.9. The molecular weight excluding hydrogens is 400 g/mol. The van der Waals surface area contributed by atoms with Crippen LogP contribution in [0.5, 0.6) is 0 Å². The van der Waals surface area contributed by atoms with E-state index in [0.717, 1.165) is 12.2 Å². The lowest BCUT2D eigenvalue weighted by molar-refractivity contribution is 0.928. The van der Waals surface area contributed by atoms with Crippen molar-refractivity contribution in [3.63, 3.8) is 0 Å². The van der Waals surface area contributed by atoms with Gasteiger partial charge in [-0.2, -0.15) is 0 Å². The largest absolute Gasteiger partial charge is 0.121 e. The Balaban J connectivity index is 0.000000128. The van der Waals surface area contributed by atoms with Crippen LogP contribution in [-0.2, 0) is 25.0 Å². The van der Waals surface area contributed by atoms with Gasteiger partial charge in [0.2, 0.25) is 0 Å². The zero-order chi connectivity index (χ0) is 20.2. The molecule has 30 heavy (non-hydrogen) atoms. The maximum absolute atomic E-state index is 2.25. The fourth-order valence-corrected chi connectivity index (χ4v) is 6.26. The van der Waals surface area contributed by atoms with Crippen molar-refractivity contribution in [2.24, 2.45) is 0 Å². The molecular formula is C28H24S2. The first-order valence-corrected chi connectivity index (χ1v) is 12.3. The topological polar surface area (TPSA) is 0 Å². The summed E-state index contributed by atoms with van der Waals surface area (Å²) in [5, 5.41) is 0. The Bertz CT molecular complexity index is 978. The average Bonchev–Trinajstić information content (AvgIpc) is 3.11. The predicted molar refractivity (Wildman–Crippen MR) is 130 cm³/mol. The number of aryl methyl sites for hydroxylation is 2. The van der Waals surface area contributed by atoms with Gasteiger partial charge >= 0.3 is 0 Å². The van der Waals surface area contributed by atoms with Crippen LogP contribution in [0, 0.1) is 0 Å². The lowest BCUT2D eigenvalue weighted by Gasteiger charge is -2.04. The molecule has 0 nitrogen and oxygen atoms in total. The SMILES string of the molecule is c1ccc2c(c1)CCc1ccccc1S2.c1ccc2c(c1)CSc1ccccc1C2. The Hall–Kier alpha value is -2.42. The van der Waals surface area contributed by atoms with Crippen LogP contribution in [0.1, 0.15) is 27.8 Å². The third kappa shape index (κ3) is 4.35. The normalized spacial score (nSPS) is 13.9. The van der Waals surface area contributed by atoms with Crippen molar-refractivity contribution in [1.82, 2.24) is 0 Å². The van der Waals surface area contributed by atoms with Gasteiger partial charge in [0.1, 0.15) is 0 Å². The van der Waals surface area contributed by atoms with Crippen LogP contribution in [0.25, 0.3) is 0 Å². The fourth-order valence-electron chi connectivity index (χ4n) is 4.03. The maximum Gasteiger partial charge on any atom is 0.0234 e. The van der Waals surface area contributed by atoms with Crippen LogP contribution in [0.3, 0.4) is 0 Å². The highest BCUT2D eigenvalue weighted by atomic mass is 32.2. The summed E-state index contributed by atoms with van der Waals surface area (Å²) in [7, 11) is 0. The van der Waals surface area contributed by atoms with Gasteiger partial charge in [-0.05, 0) is 65.3 Å². The second-order valence-corrected chi connectivity index (χ2v) is 9.76. The van der Waals surface area contributed by atoms with Gasteiger partial charge < -0.3 is 0 Å². The van der Waals surface area contributed by atoms with Crippen LogP contribution in [0.15, 0.2) is 112 Å². The van der Waals surface area contributed by atoms with Crippen LogP contribution in [-0.4, -0.2) is 0 Å². The van der Waals surface area contributed by atoms with E-state index in [1.807, 2.05) is 23.5 Å². The predicted octanol–water partition coefficient (Wildman–Crippen LogP) is 7.82. The minimum Gasteiger partial charge on any atom is -0.121 e. The van der Waals surface area contributed by atoms with Crippen molar-refractivity contribution in [1.29, 1.82) is 0 Å². The summed E-state index contributed by atoms with van der Waals surface area (Å²) in [5.41, 5.74) is 7.40. The molecule has 0 unspecified atom stereocenters. The van der Waals surface area contributed by atoms with E-state index in [1.165, 1.54) is 55.3 Å². The quantitative estimate of drug-likeness (QED) is 0.282. The number of fused-ring (bicyclic) bond motifs is 4. The van der Waals surface area contributed by atoms with Gasteiger partial charge in [-0.15, -0.1) is 11.8 Å². The molecule has 4 aromatic rings. The smallest absolute Gasteiger partial charge is 0.0234 e. The van der Waals surface area contributed by atoms with E-state index in [0.29, 0.717) is 0 Å². The molecule has 2 heterocycles. The number of hydrogen-bond donors (Lipinski definition) is 0. The van der Waals surface area contributed by atoms with Crippen molar-refractivity contribution in [2.75, 3.05) is 0 Å². The van der Waals surface area contributed by atoms with Crippen molar-refractivity contribution in [2.45, 2.75) is 39.7 Å². The molecule has 148 valence electrons. The monoisotopic (exact) mass is 424 g/mol. The Kier molecular flexibility index (Phi) is 5.96. The third-order valence-electron chi connectivity index (χ3n) is 5.68. The lowest BCUT2D eigenvalue weighted by Crippen LogP contribution is -1.90. The van der Waals surface area contributed by atoms with Crippen LogP contribution in [0.2, 0.25) is 0 Å². The van der Waals surface area contributed by atoms with E-state index in [1.54, 1.807) is 0 Å². The van der Waals surface area contributed by atoms with Crippen molar-refractivity contribution in [3.8, 4) is 0 Å². The molecule has 4 aromatic carbocycles. The van der Waals surface area contributed by atoms with E-state index in [2.05, 4.69) is 97.1 Å². The second-order valence-electron chi connectivity index (χ2n) is 7.66. The molecule has 0 atom stereocenters. The molecule has 2 aliphatic heterocycles. The standard InChI is InChI=1S/2C14H12S/c1-3-7-13-11(5-1)9-10-12-6-2-4-8-14(12)15-13;1-2-7-13-10-15-14-8-4-3-6-12(14)9-11(13)5-1/h2*1-8H,9-10H2. The molecule has 2 heteroatoms. The highest BCUT2D eigenvalue weighted by molar-refractivity contribution is 7.99. The van der Waals surface area contributed by atoms with E-state index in [-0.39, 0.29) is 0 Å². The third-order valence-corrected chi connectivity index (χ3v) is 8.08. The molecule has 0 amide bonds. The summed E-state index contributed by atoms with van der Waals surface area (Å²) < 4.78 is 0. The minimum atomic E-state index is 1.08. The number of benzene rings is 4. The molecule has 0 saturated carbocycles. The van der Waals surface area contributed by atoms with Gasteiger partial charge in [0.15, 0.2) is 0 Å². The van der Waals surface area contributed by atoms with E-state index in [9.17, 15) is 0 Å². The van der Waals surface area contributed by atoms with Crippen molar-refractivity contribution >= 4 is 23.5 Å². The molecule has 2 aliphatic rings. The summed E-state index contributed by atoms with van der Waals surface area (Å²) in [4.78, 5) is 4.28. The highest BCUT2D eigenvalue weighted by Gasteiger charge is 2.13. The van der Waals surface area contributed by atoms with Gasteiger partial charge in [0.05, 0.1) is 0 Å². The Morgan fingerprint density at radius 1 is 0.433 bits per heavy atom. The molecule has 0 aliphatic carbocycles. The van der Waals surface area contributed by atoms with Crippen LogP contribution < -0.4 is 0 Å². The molecule has 0 aromatic heterocycles.